The normalized spacial score (nSPS) is 12.1. The highest BCUT2D eigenvalue weighted by molar-refractivity contribution is 9.11. The van der Waals surface area contributed by atoms with Crippen molar-refractivity contribution in [3.63, 3.8) is 0 Å². The van der Waals surface area contributed by atoms with Crippen LogP contribution in [0.5, 0.6) is 17.4 Å². The molecule has 0 aliphatic heterocycles. The van der Waals surface area contributed by atoms with Crippen molar-refractivity contribution in [2.24, 2.45) is 0 Å². The first kappa shape index (κ1) is 15.3. The Labute approximate surface area is 134 Å². The van der Waals surface area contributed by atoms with Crippen LogP contribution in [0.3, 0.4) is 0 Å². The van der Waals surface area contributed by atoms with Gasteiger partial charge in [-0.2, -0.15) is 0 Å². The van der Waals surface area contributed by atoms with Gasteiger partial charge in [-0.05, 0) is 62.5 Å². The Balaban J connectivity index is 2.23. The first-order valence-electron chi connectivity index (χ1n) is 5.86. The van der Waals surface area contributed by atoms with E-state index in [-0.39, 0.29) is 0 Å². The third-order valence-electron chi connectivity index (χ3n) is 2.66. The molecule has 6 heteroatoms. The number of benzene rings is 1. The van der Waals surface area contributed by atoms with Crippen LogP contribution in [0, 0.1) is 0 Å². The van der Waals surface area contributed by atoms with Crippen LogP contribution < -0.4 is 9.47 Å². The van der Waals surface area contributed by atoms with Crippen molar-refractivity contribution in [2.75, 3.05) is 7.11 Å². The summed E-state index contributed by atoms with van der Waals surface area (Å²) < 4.78 is 12.4. The minimum absolute atomic E-state index is 0.451. The molecule has 0 aliphatic carbocycles. The van der Waals surface area contributed by atoms with E-state index in [1.807, 2.05) is 6.07 Å². The van der Waals surface area contributed by atoms with Crippen molar-refractivity contribution >= 4 is 31.9 Å². The van der Waals surface area contributed by atoms with Gasteiger partial charge in [-0.15, -0.1) is 0 Å². The smallest absolute Gasteiger partial charge is 0.219 e. The average Bonchev–Trinajstić information content (AvgIpc) is 2.43. The second kappa shape index (κ2) is 6.56. The zero-order valence-corrected chi connectivity index (χ0v) is 14.1. The minimum atomic E-state index is -0.543. The fourth-order valence-electron chi connectivity index (χ4n) is 1.56. The molecule has 0 aliphatic rings. The number of halogens is 2. The Kier molecular flexibility index (Phi) is 5.01. The molecule has 0 bridgehead atoms. The fourth-order valence-corrected chi connectivity index (χ4v) is 2.44. The summed E-state index contributed by atoms with van der Waals surface area (Å²) in [7, 11) is 1.60. The van der Waals surface area contributed by atoms with Gasteiger partial charge in [0.1, 0.15) is 11.5 Å². The van der Waals surface area contributed by atoms with Crippen molar-refractivity contribution < 1.29 is 14.6 Å². The molecular formula is C14H13Br2NO3. The van der Waals surface area contributed by atoms with Gasteiger partial charge in [-0.3, -0.25) is 0 Å². The Morgan fingerprint density at radius 3 is 2.35 bits per heavy atom. The molecule has 0 fully saturated rings. The van der Waals surface area contributed by atoms with Crippen LogP contribution in [0.25, 0.3) is 0 Å². The lowest BCUT2D eigenvalue weighted by Crippen LogP contribution is -1.94. The van der Waals surface area contributed by atoms with E-state index in [1.165, 1.54) is 0 Å². The molecule has 2 aromatic rings. The number of pyridine rings is 1. The van der Waals surface area contributed by atoms with E-state index in [0.29, 0.717) is 17.4 Å². The molecular weight excluding hydrogens is 390 g/mol. The molecule has 106 valence electrons. The highest BCUT2D eigenvalue weighted by Gasteiger charge is 2.10. The Bertz CT molecular complexity index is 600. The van der Waals surface area contributed by atoms with E-state index < -0.39 is 6.10 Å². The SMILES string of the molecule is COc1cc(Br)c(Oc2ccc([C@@H](C)O)cn2)cc1Br. The summed E-state index contributed by atoms with van der Waals surface area (Å²) in [5, 5.41) is 9.43. The molecule has 0 amide bonds. The predicted octanol–water partition coefficient (Wildman–Crippen LogP) is 4.46. The molecule has 1 aromatic carbocycles. The number of rotatable bonds is 4. The van der Waals surface area contributed by atoms with E-state index in [9.17, 15) is 5.11 Å². The summed E-state index contributed by atoms with van der Waals surface area (Å²) in [4.78, 5) is 4.16. The van der Waals surface area contributed by atoms with Gasteiger partial charge in [-0.25, -0.2) is 4.98 Å². The first-order chi connectivity index (χ1) is 9.51. The van der Waals surface area contributed by atoms with Gasteiger partial charge >= 0.3 is 0 Å². The summed E-state index contributed by atoms with van der Waals surface area (Å²) in [6, 6.07) is 7.10. The fraction of sp³-hybridized carbons (Fsp3) is 0.214. The Morgan fingerprint density at radius 2 is 1.80 bits per heavy atom. The van der Waals surface area contributed by atoms with Gasteiger partial charge < -0.3 is 14.6 Å². The monoisotopic (exact) mass is 401 g/mol. The second-order valence-electron chi connectivity index (χ2n) is 4.12. The molecule has 0 spiro atoms. The lowest BCUT2D eigenvalue weighted by Gasteiger charge is -2.11. The number of ether oxygens (including phenoxy) is 2. The molecule has 1 atom stereocenters. The van der Waals surface area contributed by atoms with Gasteiger partial charge in [0, 0.05) is 12.3 Å². The number of aromatic nitrogens is 1. The van der Waals surface area contributed by atoms with Crippen LogP contribution in [0.4, 0.5) is 0 Å². The maximum atomic E-state index is 9.43. The number of hydrogen-bond donors (Lipinski definition) is 1. The lowest BCUT2D eigenvalue weighted by atomic mass is 10.2. The Morgan fingerprint density at radius 1 is 1.15 bits per heavy atom. The van der Waals surface area contributed by atoms with E-state index in [2.05, 4.69) is 36.8 Å². The third-order valence-corrected chi connectivity index (χ3v) is 3.90. The molecule has 4 nitrogen and oxygen atoms in total. The van der Waals surface area contributed by atoms with Crippen molar-refractivity contribution in [3.8, 4) is 17.4 Å². The molecule has 2 rings (SSSR count). The molecule has 1 N–H and O–H groups in total. The van der Waals surface area contributed by atoms with E-state index in [0.717, 1.165) is 14.5 Å². The third kappa shape index (κ3) is 3.50. The summed E-state index contributed by atoms with van der Waals surface area (Å²) in [5.41, 5.74) is 0.743. The van der Waals surface area contributed by atoms with Crippen LogP contribution in [-0.4, -0.2) is 17.2 Å². The maximum Gasteiger partial charge on any atom is 0.219 e. The van der Waals surface area contributed by atoms with Crippen molar-refractivity contribution in [1.29, 1.82) is 0 Å². The van der Waals surface area contributed by atoms with E-state index >= 15 is 0 Å². The van der Waals surface area contributed by atoms with E-state index in [4.69, 9.17) is 9.47 Å². The molecule has 0 radical (unpaired) electrons. The maximum absolute atomic E-state index is 9.43. The highest BCUT2D eigenvalue weighted by Crippen LogP contribution is 2.37. The standard InChI is InChI=1S/C14H13Br2NO3/c1-8(18)9-3-4-14(17-7-9)20-13-6-10(15)12(19-2)5-11(13)16/h3-8,18H,1-2H3/t8-/m1/s1. The highest BCUT2D eigenvalue weighted by atomic mass is 79.9. The molecule has 20 heavy (non-hydrogen) atoms. The molecule has 0 saturated carbocycles. The van der Waals surface area contributed by atoms with Crippen molar-refractivity contribution in [1.82, 2.24) is 4.98 Å². The summed E-state index contributed by atoms with van der Waals surface area (Å²) in [6.07, 6.45) is 1.05. The average molecular weight is 403 g/mol. The van der Waals surface area contributed by atoms with Crippen LogP contribution in [0.2, 0.25) is 0 Å². The van der Waals surface area contributed by atoms with Crippen LogP contribution in [-0.2, 0) is 0 Å². The number of aliphatic hydroxyl groups excluding tert-OH is 1. The molecule has 0 saturated heterocycles. The van der Waals surface area contributed by atoms with Gasteiger partial charge in [0.05, 0.1) is 22.2 Å². The Hall–Kier alpha value is -1.11. The second-order valence-corrected chi connectivity index (χ2v) is 5.83. The van der Waals surface area contributed by atoms with Crippen molar-refractivity contribution in [3.05, 3.63) is 45.0 Å². The van der Waals surface area contributed by atoms with Gasteiger partial charge in [0.25, 0.3) is 0 Å². The number of methoxy groups -OCH3 is 1. The molecule has 1 heterocycles. The van der Waals surface area contributed by atoms with Crippen LogP contribution in [0.1, 0.15) is 18.6 Å². The zero-order valence-electron chi connectivity index (χ0n) is 10.9. The summed E-state index contributed by atoms with van der Waals surface area (Å²) >= 11 is 6.83. The van der Waals surface area contributed by atoms with Crippen molar-refractivity contribution in [2.45, 2.75) is 13.0 Å². The lowest BCUT2D eigenvalue weighted by molar-refractivity contribution is 0.198. The van der Waals surface area contributed by atoms with Crippen LogP contribution >= 0.6 is 31.9 Å². The first-order valence-corrected chi connectivity index (χ1v) is 7.44. The van der Waals surface area contributed by atoms with Gasteiger partial charge in [-0.1, -0.05) is 0 Å². The summed E-state index contributed by atoms with van der Waals surface area (Å²) in [6.45, 7) is 1.69. The number of hydrogen-bond acceptors (Lipinski definition) is 4. The quantitative estimate of drug-likeness (QED) is 0.820. The minimum Gasteiger partial charge on any atom is -0.496 e. The van der Waals surface area contributed by atoms with Gasteiger partial charge in [0.2, 0.25) is 5.88 Å². The van der Waals surface area contributed by atoms with Gasteiger partial charge in [0.15, 0.2) is 0 Å². The van der Waals surface area contributed by atoms with Crippen LogP contribution in [0.15, 0.2) is 39.4 Å². The number of aliphatic hydroxyl groups is 1. The molecule has 1 aromatic heterocycles. The zero-order chi connectivity index (χ0) is 14.7. The predicted molar refractivity (Wildman–Crippen MR) is 83.3 cm³/mol. The largest absolute Gasteiger partial charge is 0.496 e. The van der Waals surface area contributed by atoms with E-state index in [1.54, 1.807) is 38.4 Å². The summed E-state index contributed by atoms with van der Waals surface area (Å²) in [5.74, 6) is 1.78. The number of nitrogens with zero attached hydrogens (tertiary/aromatic N) is 1. The molecule has 0 unspecified atom stereocenters. The topological polar surface area (TPSA) is 51.6 Å².